The molecule has 0 saturated carbocycles. The summed E-state index contributed by atoms with van der Waals surface area (Å²) in [5, 5.41) is 0. The fourth-order valence-electron chi connectivity index (χ4n) is 1.11. The van der Waals surface area contributed by atoms with Gasteiger partial charge in [-0.3, -0.25) is 9.97 Å². The molecule has 0 aromatic carbocycles. The van der Waals surface area contributed by atoms with Crippen molar-refractivity contribution < 1.29 is 0 Å². The SMILES string of the molecule is Cc1nccnc1C(C)C(C)N. The van der Waals surface area contributed by atoms with Crippen molar-refractivity contribution in [3.63, 3.8) is 0 Å². The van der Waals surface area contributed by atoms with Crippen molar-refractivity contribution in [2.24, 2.45) is 5.73 Å². The van der Waals surface area contributed by atoms with Crippen molar-refractivity contribution in [2.45, 2.75) is 32.7 Å². The molecule has 0 aliphatic carbocycles. The van der Waals surface area contributed by atoms with E-state index in [0.717, 1.165) is 11.4 Å². The first-order valence-electron chi connectivity index (χ1n) is 4.16. The highest BCUT2D eigenvalue weighted by atomic mass is 14.8. The average molecular weight is 165 g/mol. The van der Waals surface area contributed by atoms with Crippen LogP contribution in [0.3, 0.4) is 0 Å². The molecule has 1 aromatic heterocycles. The fraction of sp³-hybridized carbons (Fsp3) is 0.556. The molecule has 2 atom stereocenters. The molecule has 0 radical (unpaired) electrons. The van der Waals surface area contributed by atoms with Crippen LogP contribution in [0, 0.1) is 6.92 Å². The summed E-state index contributed by atoms with van der Waals surface area (Å²) in [6.45, 7) is 6.02. The van der Waals surface area contributed by atoms with Gasteiger partial charge in [-0.1, -0.05) is 6.92 Å². The summed E-state index contributed by atoms with van der Waals surface area (Å²) in [5.41, 5.74) is 7.75. The van der Waals surface area contributed by atoms with Crippen molar-refractivity contribution in [3.05, 3.63) is 23.8 Å². The van der Waals surface area contributed by atoms with Gasteiger partial charge in [0.15, 0.2) is 0 Å². The van der Waals surface area contributed by atoms with E-state index < -0.39 is 0 Å². The zero-order valence-electron chi connectivity index (χ0n) is 7.78. The highest BCUT2D eigenvalue weighted by molar-refractivity contribution is 5.14. The Morgan fingerprint density at radius 2 is 1.83 bits per heavy atom. The van der Waals surface area contributed by atoms with Gasteiger partial charge in [0.25, 0.3) is 0 Å². The molecule has 0 spiro atoms. The molecule has 1 rings (SSSR count). The van der Waals surface area contributed by atoms with E-state index >= 15 is 0 Å². The number of hydrogen-bond donors (Lipinski definition) is 1. The van der Waals surface area contributed by atoms with Crippen LogP contribution < -0.4 is 5.73 Å². The third-order valence-electron chi connectivity index (χ3n) is 2.14. The Hall–Kier alpha value is -0.960. The molecular weight excluding hydrogens is 150 g/mol. The maximum Gasteiger partial charge on any atom is 0.0659 e. The van der Waals surface area contributed by atoms with Crippen LogP contribution in [-0.4, -0.2) is 16.0 Å². The van der Waals surface area contributed by atoms with Gasteiger partial charge < -0.3 is 5.73 Å². The number of rotatable bonds is 2. The van der Waals surface area contributed by atoms with Crippen LogP contribution in [-0.2, 0) is 0 Å². The summed E-state index contributed by atoms with van der Waals surface area (Å²) in [5.74, 6) is 0.277. The number of nitrogens with zero attached hydrogens (tertiary/aromatic N) is 2. The van der Waals surface area contributed by atoms with E-state index in [9.17, 15) is 0 Å². The summed E-state index contributed by atoms with van der Waals surface area (Å²) in [7, 11) is 0. The van der Waals surface area contributed by atoms with Crippen LogP contribution in [0.15, 0.2) is 12.4 Å². The molecule has 0 aliphatic heterocycles. The molecule has 1 aromatic rings. The largest absolute Gasteiger partial charge is 0.327 e. The molecule has 2 N–H and O–H groups in total. The Kier molecular flexibility index (Phi) is 2.76. The van der Waals surface area contributed by atoms with Gasteiger partial charge in [-0.15, -0.1) is 0 Å². The lowest BCUT2D eigenvalue weighted by atomic mass is 9.99. The molecule has 0 saturated heterocycles. The van der Waals surface area contributed by atoms with E-state index in [4.69, 9.17) is 5.73 Å². The highest BCUT2D eigenvalue weighted by Crippen LogP contribution is 2.16. The van der Waals surface area contributed by atoms with Crippen molar-refractivity contribution in [1.29, 1.82) is 0 Å². The third-order valence-corrected chi connectivity index (χ3v) is 2.14. The van der Waals surface area contributed by atoms with Gasteiger partial charge >= 0.3 is 0 Å². The molecule has 12 heavy (non-hydrogen) atoms. The quantitative estimate of drug-likeness (QED) is 0.717. The Labute approximate surface area is 73.0 Å². The van der Waals surface area contributed by atoms with Gasteiger partial charge in [-0.25, -0.2) is 0 Å². The molecule has 0 aliphatic rings. The zero-order valence-corrected chi connectivity index (χ0v) is 7.78. The van der Waals surface area contributed by atoms with E-state index in [1.54, 1.807) is 12.4 Å². The molecule has 1 heterocycles. The van der Waals surface area contributed by atoms with Crippen LogP contribution in [0.4, 0.5) is 0 Å². The standard InChI is InChI=1S/C9H15N3/c1-6(7(2)10)9-8(3)11-4-5-12-9/h4-7H,10H2,1-3H3. The minimum atomic E-state index is 0.125. The average Bonchev–Trinajstić information content (AvgIpc) is 2.04. The first-order chi connectivity index (χ1) is 5.63. The van der Waals surface area contributed by atoms with Crippen LogP contribution in [0.1, 0.15) is 31.2 Å². The minimum absolute atomic E-state index is 0.125. The Balaban J connectivity index is 2.94. The van der Waals surface area contributed by atoms with Crippen molar-refractivity contribution in [3.8, 4) is 0 Å². The monoisotopic (exact) mass is 165 g/mol. The lowest BCUT2D eigenvalue weighted by Gasteiger charge is -2.15. The van der Waals surface area contributed by atoms with Crippen molar-refractivity contribution >= 4 is 0 Å². The predicted molar refractivity (Wildman–Crippen MR) is 48.8 cm³/mol. The van der Waals surface area contributed by atoms with Crippen molar-refractivity contribution in [1.82, 2.24) is 9.97 Å². The second-order valence-corrected chi connectivity index (χ2v) is 3.17. The van der Waals surface area contributed by atoms with Crippen molar-refractivity contribution in [2.75, 3.05) is 0 Å². The maximum absolute atomic E-state index is 5.77. The summed E-state index contributed by atoms with van der Waals surface area (Å²) < 4.78 is 0. The molecule has 0 bridgehead atoms. The lowest BCUT2D eigenvalue weighted by molar-refractivity contribution is 0.591. The van der Waals surface area contributed by atoms with Gasteiger partial charge in [0.05, 0.1) is 11.4 Å². The van der Waals surface area contributed by atoms with Gasteiger partial charge in [-0.2, -0.15) is 0 Å². The van der Waals surface area contributed by atoms with Crippen LogP contribution in [0.25, 0.3) is 0 Å². The highest BCUT2D eigenvalue weighted by Gasteiger charge is 2.13. The third kappa shape index (κ3) is 1.80. The smallest absolute Gasteiger partial charge is 0.0659 e. The number of aromatic nitrogens is 2. The number of aryl methyl sites for hydroxylation is 1. The van der Waals surface area contributed by atoms with Crippen LogP contribution >= 0.6 is 0 Å². The summed E-state index contributed by atoms with van der Waals surface area (Å²) in [6, 6.07) is 0.125. The molecule has 2 unspecified atom stereocenters. The first-order valence-corrected chi connectivity index (χ1v) is 4.16. The molecular formula is C9H15N3. The number of hydrogen-bond acceptors (Lipinski definition) is 3. The maximum atomic E-state index is 5.77. The summed E-state index contributed by atoms with van der Waals surface area (Å²) >= 11 is 0. The molecule has 3 heteroatoms. The lowest BCUT2D eigenvalue weighted by Crippen LogP contribution is -2.24. The first kappa shape index (κ1) is 9.13. The Morgan fingerprint density at radius 1 is 1.25 bits per heavy atom. The van der Waals surface area contributed by atoms with E-state index in [1.165, 1.54) is 0 Å². The normalized spacial score (nSPS) is 15.7. The Morgan fingerprint density at radius 3 is 2.33 bits per heavy atom. The van der Waals surface area contributed by atoms with Gasteiger partial charge in [0.1, 0.15) is 0 Å². The van der Waals surface area contributed by atoms with Gasteiger partial charge in [-0.05, 0) is 13.8 Å². The van der Waals surface area contributed by atoms with E-state index in [1.807, 2.05) is 13.8 Å². The van der Waals surface area contributed by atoms with Crippen LogP contribution in [0.5, 0.6) is 0 Å². The zero-order chi connectivity index (χ0) is 9.14. The molecule has 0 amide bonds. The van der Waals surface area contributed by atoms with Gasteiger partial charge in [0, 0.05) is 24.4 Å². The van der Waals surface area contributed by atoms with E-state index in [-0.39, 0.29) is 12.0 Å². The molecule has 0 fully saturated rings. The summed E-state index contributed by atoms with van der Waals surface area (Å²) in [4.78, 5) is 8.42. The van der Waals surface area contributed by atoms with E-state index in [0.29, 0.717) is 0 Å². The Bertz CT molecular complexity index is 258. The van der Waals surface area contributed by atoms with Crippen LogP contribution in [0.2, 0.25) is 0 Å². The fourth-order valence-corrected chi connectivity index (χ4v) is 1.11. The second kappa shape index (κ2) is 3.63. The topological polar surface area (TPSA) is 51.8 Å². The summed E-state index contributed by atoms with van der Waals surface area (Å²) in [6.07, 6.45) is 3.41. The van der Waals surface area contributed by atoms with Gasteiger partial charge in [0.2, 0.25) is 0 Å². The number of nitrogens with two attached hydrogens (primary N) is 1. The van der Waals surface area contributed by atoms with E-state index in [2.05, 4.69) is 16.9 Å². The molecule has 3 nitrogen and oxygen atoms in total. The molecule has 66 valence electrons. The second-order valence-electron chi connectivity index (χ2n) is 3.17. The minimum Gasteiger partial charge on any atom is -0.327 e. The predicted octanol–water partition coefficient (Wildman–Crippen LogP) is 1.24.